The van der Waals surface area contributed by atoms with Gasteiger partial charge in [0.05, 0.1) is 6.21 Å². The maximum Gasteiger partial charge on any atom is 0.131 e. The molecular formula is C7H5FNO. The normalized spacial score (nSPS) is 10.5. The minimum absolute atomic E-state index is 0.421. The van der Waals surface area contributed by atoms with Crippen molar-refractivity contribution < 1.29 is 9.60 Å². The van der Waals surface area contributed by atoms with Crippen LogP contribution in [0.5, 0.6) is 0 Å². The number of hydrogen-bond acceptors (Lipinski definition) is 2. The van der Waals surface area contributed by atoms with E-state index in [1.54, 1.807) is 0 Å². The predicted octanol–water partition coefficient (Wildman–Crippen LogP) is 1.43. The topological polar surface area (TPSA) is 32.6 Å². The Bertz CT molecular complexity index is 230. The molecule has 0 saturated heterocycles. The fourth-order valence-electron chi connectivity index (χ4n) is 0.565. The zero-order valence-electron chi connectivity index (χ0n) is 5.08. The van der Waals surface area contributed by atoms with E-state index in [4.69, 9.17) is 5.21 Å². The van der Waals surface area contributed by atoms with E-state index < -0.39 is 5.82 Å². The Balaban J connectivity index is 2.89. The van der Waals surface area contributed by atoms with Crippen LogP contribution in [0, 0.1) is 11.9 Å². The van der Waals surface area contributed by atoms with Gasteiger partial charge in [-0.15, -0.1) is 0 Å². The Morgan fingerprint density at radius 3 is 2.90 bits per heavy atom. The predicted molar refractivity (Wildman–Crippen MR) is 34.6 cm³/mol. The first-order valence-corrected chi connectivity index (χ1v) is 2.67. The fourth-order valence-corrected chi connectivity index (χ4v) is 0.565. The molecule has 0 aliphatic heterocycles. The van der Waals surface area contributed by atoms with Crippen LogP contribution in [0.25, 0.3) is 0 Å². The van der Waals surface area contributed by atoms with Gasteiger partial charge >= 0.3 is 0 Å². The largest absolute Gasteiger partial charge is 0.411 e. The van der Waals surface area contributed by atoms with E-state index in [2.05, 4.69) is 11.2 Å². The standard InChI is InChI=1S/C7H5FNO/c8-7-3-1-6(2-4-7)5-9-10/h1-3,5,10H/b9-5-. The van der Waals surface area contributed by atoms with Gasteiger partial charge in [-0.1, -0.05) is 11.2 Å². The smallest absolute Gasteiger partial charge is 0.131 e. The molecule has 1 rings (SSSR count). The summed E-state index contributed by atoms with van der Waals surface area (Å²) in [5, 5.41) is 10.8. The van der Waals surface area contributed by atoms with Crippen LogP contribution in [0.2, 0.25) is 0 Å². The fraction of sp³-hybridized carbons (Fsp3) is 0. The highest BCUT2D eigenvalue weighted by Gasteiger charge is 1.88. The number of hydrogen-bond donors (Lipinski definition) is 1. The minimum Gasteiger partial charge on any atom is -0.411 e. The average molecular weight is 138 g/mol. The van der Waals surface area contributed by atoms with Crippen molar-refractivity contribution in [2.45, 2.75) is 0 Å². The Labute approximate surface area is 57.6 Å². The lowest BCUT2D eigenvalue weighted by molar-refractivity contribution is 0.322. The van der Waals surface area contributed by atoms with Crippen LogP contribution in [0.4, 0.5) is 4.39 Å². The highest BCUT2D eigenvalue weighted by molar-refractivity contribution is 5.78. The Morgan fingerprint density at radius 1 is 1.60 bits per heavy atom. The van der Waals surface area contributed by atoms with Crippen LogP contribution in [0.1, 0.15) is 5.56 Å². The maximum atomic E-state index is 12.2. The van der Waals surface area contributed by atoms with Gasteiger partial charge in [-0.3, -0.25) is 0 Å². The maximum absolute atomic E-state index is 12.2. The van der Waals surface area contributed by atoms with Crippen molar-refractivity contribution in [1.29, 1.82) is 0 Å². The van der Waals surface area contributed by atoms with E-state index >= 15 is 0 Å². The zero-order valence-corrected chi connectivity index (χ0v) is 5.08. The van der Waals surface area contributed by atoms with Gasteiger partial charge in [-0.2, -0.15) is 0 Å². The van der Waals surface area contributed by atoms with Crippen molar-refractivity contribution >= 4 is 6.21 Å². The van der Waals surface area contributed by atoms with Crippen molar-refractivity contribution in [3.63, 3.8) is 0 Å². The van der Waals surface area contributed by atoms with Crippen molar-refractivity contribution in [2.24, 2.45) is 5.16 Å². The van der Waals surface area contributed by atoms with E-state index in [1.807, 2.05) is 0 Å². The van der Waals surface area contributed by atoms with Crippen LogP contribution in [-0.4, -0.2) is 11.4 Å². The van der Waals surface area contributed by atoms with Crippen molar-refractivity contribution in [3.8, 4) is 0 Å². The molecular weight excluding hydrogens is 133 g/mol. The molecule has 0 aliphatic rings. The lowest BCUT2D eigenvalue weighted by Crippen LogP contribution is -1.80. The van der Waals surface area contributed by atoms with Gasteiger partial charge in [0, 0.05) is 6.07 Å². The molecule has 0 aromatic heterocycles. The number of halogens is 1. The van der Waals surface area contributed by atoms with Crippen LogP contribution in [0.3, 0.4) is 0 Å². The molecule has 0 bridgehead atoms. The van der Waals surface area contributed by atoms with Gasteiger partial charge in [0.25, 0.3) is 0 Å². The second-order valence-corrected chi connectivity index (χ2v) is 1.71. The molecule has 0 unspecified atom stereocenters. The van der Waals surface area contributed by atoms with E-state index in [-0.39, 0.29) is 0 Å². The molecule has 0 spiro atoms. The molecule has 3 heteroatoms. The molecule has 0 amide bonds. The van der Waals surface area contributed by atoms with Gasteiger partial charge in [0.1, 0.15) is 5.82 Å². The summed E-state index contributed by atoms with van der Waals surface area (Å²) in [6.45, 7) is 0. The van der Waals surface area contributed by atoms with E-state index in [9.17, 15) is 4.39 Å². The third kappa shape index (κ3) is 1.55. The molecule has 2 nitrogen and oxygen atoms in total. The molecule has 0 saturated carbocycles. The summed E-state index contributed by atoms with van der Waals surface area (Å²) in [6.07, 6.45) is 1.20. The highest BCUT2D eigenvalue weighted by atomic mass is 19.1. The lowest BCUT2D eigenvalue weighted by atomic mass is 10.2. The molecule has 1 radical (unpaired) electrons. The van der Waals surface area contributed by atoms with Crippen LogP contribution in [-0.2, 0) is 0 Å². The van der Waals surface area contributed by atoms with Gasteiger partial charge in [-0.25, -0.2) is 4.39 Å². The Hall–Kier alpha value is -1.38. The summed E-state index contributed by atoms with van der Waals surface area (Å²) in [6, 6.07) is 6.45. The highest BCUT2D eigenvalue weighted by Crippen LogP contribution is 1.98. The third-order valence-electron chi connectivity index (χ3n) is 1.01. The van der Waals surface area contributed by atoms with E-state index in [1.165, 1.54) is 24.4 Å². The molecule has 1 N–H and O–H groups in total. The van der Waals surface area contributed by atoms with E-state index in [0.717, 1.165) is 0 Å². The molecule has 0 heterocycles. The average Bonchev–Trinajstić information content (AvgIpc) is 1.95. The first-order chi connectivity index (χ1) is 4.83. The number of benzene rings is 1. The van der Waals surface area contributed by atoms with Crippen LogP contribution in [0.15, 0.2) is 23.4 Å². The Morgan fingerprint density at radius 2 is 2.40 bits per heavy atom. The molecule has 0 aliphatic carbocycles. The van der Waals surface area contributed by atoms with Crippen molar-refractivity contribution in [2.75, 3.05) is 0 Å². The molecule has 10 heavy (non-hydrogen) atoms. The molecule has 1 aromatic carbocycles. The summed E-state index contributed by atoms with van der Waals surface area (Å²) < 4.78 is 12.2. The summed E-state index contributed by atoms with van der Waals surface area (Å²) in [4.78, 5) is 0. The van der Waals surface area contributed by atoms with Gasteiger partial charge in [-0.05, 0) is 17.7 Å². The molecule has 51 valence electrons. The Kier molecular flexibility index (Phi) is 1.99. The zero-order chi connectivity index (χ0) is 7.40. The second kappa shape index (κ2) is 2.96. The monoisotopic (exact) mass is 138 g/mol. The van der Waals surface area contributed by atoms with Crippen molar-refractivity contribution in [1.82, 2.24) is 0 Å². The van der Waals surface area contributed by atoms with Crippen LogP contribution < -0.4 is 0 Å². The quantitative estimate of drug-likeness (QED) is 0.355. The van der Waals surface area contributed by atoms with Crippen molar-refractivity contribution in [3.05, 3.63) is 35.6 Å². The van der Waals surface area contributed by atoms with Gasteiger partial charge < -0.3 is 5.21 Å². The summed E-state index contributed by atoms with van der Waals surface area (Å²) >= 11 is 0. The summed E-state index contributed by atoms with van der Waals surface area (Å²) in [5.74, 6) is -0.421. The third-order valence-corrected chi connectivity index (χ3v) is 1.01. The molecule has 1 aromatic rings. The number of oxime groups is 1. The second-order valence-electron chi connectivity index (χ2n) is 1.71. The first-order valence-electron chi connectivity index (χ1n) is 2.67. The number of rotatable bonds is 1. The van der Waals surface area contributed by atoms with Gasteiger partial charge in [0.2, 0.25) is 0 Å². The minimum atomic E-state index is -0.421. The van der Waals surface area contributed by atoms with Gasteiger partial charge in [0.15, 0.2) is 0 Å². The molecule has 0 atom stereocenters. The SMILES string of the molecule is O/N=C\c1c[c]c(F)cc1. The van der Waals surface area contributed by atoms with Crippen LogP contribution >= 0.6 is 0 Å². The molecule has 0 fully saturated rings. The first kappa shape index (κ1) is 6.74. The van der Waals surface area contributed by atoms with E-state index in [0.29, 0.717) is 5.56 Å². The number of nitrogens with zero attached hydrogens (tertiary/aromatic N) is 1. The summed E-state index contributed by atoms with van der Waals surface area (Å²) in [5.41, 5.74) is 0.615. The lowest BCUT2D eigenvalue weighted by Gasteiger charge is -1.87. The summed E-state index contributed by atoms with van der Waals surface area (Å²) in [7, 11) is 0.